The van der Waals surface area contributed by atoms with Crippen molar-refractivity contribution in [1.82, 2.24) is 0 Å². The molecule has 0 aliphatic carbocycles. The van der Waals surface area contributed by atoms with Gasteiger partial charge >= 0.3 is 0 Å². The summed E-state index contributed by atoms with van der Waals surface area (Å²) in [6, 6.07) is 10.3. The minimum Gasteiger partial charge on any atom is -0.471 e. The highest BCUT2D eigenvalue weighted by atomic mass is 16.3. The Morgan fingerprint density at radius 3 is 2.50 bits per heavy atom. The molecule has 0 aliphatic heterocycles. The van der Waals surface area contributed by atoms with Crippen molar-refractivity contribution in [3.63, 3.8) is 0 Å². The van der Waals surface area contributed by atoms with Gasteiger partial charge < -0.3 is 8.83 Å². The Hall–Kier alpha value is -2.22. The summed E-state index contributed by atoms with van der Waals surface area (Å²) in [6.45, 7) is 0. The van der Waals surface area contributed by atoms with Crippen molar-refractivity contribution in [3.05, 3.63) is 49.1 Å². The van der Waals surface area contributed by atoms with Gasteiger partial charge in [-0.25, -0.2) is 0 Å². The summed E-state index contributed by atoms with van der Waals surface area (Å²) < 4.78 is 10.8. The molecule has 2 aromatic heterocycles. The molecule has 4 aromatic rings. The topological polar surface area (TPSA) is 26.3 Å². The monoisotopic (exact) mass is 208 g/mol. The fourth-order valence-corrected chi connectivity index (χ4v) is 2.28. The highest BCUT2D eigenvalue weighted by Gasteiger charge is 2.08. The molecule has 4 rings (SSSR count). The second-order valence-corrected chi connectivity index (χ2v) is 3.94. The maximum atomic E-state index is 5.57. The summed E-state index contributed by atoms with van der Waals surface area (Å²) in [5.74, 6) is 0. The molecule has 2 aromatic carbocycles. The Labute approximate surface area is 91.1 Å². The van der Waals surface area contributed by atoms with E-state index in [1.807, 2.05) is 6.07 Å². The van der Waals surface area contributed by atoms with E-state index in [4.69, 9.17) is 8.83 Å². The van der Waals surface area contributed by atoms with Crippen LogP contribution in [-0.4, -0.2) is 0 Å². The molecule has 0 fully saturated rings. The third-order valence-corrected chi connectivity index (χ3v) is 3.06. The van der Waals surface area contributed by atoms with Crippen LogP contribution in [0.1, 0.15) is 0 Å². The smallest absolute Gasteiger partial charge is 0.142 e. The molecular weight excluding hydrogens is 200 g/mol. The van der Waals surface area contributed by atoms with Crippen molar-refractivity contribution in [3.8, 4) is 0 Å². The second-order valence-electron chi connectivity index (χ2n) is 3.94. The summed E-state index contributed by atoms with van der Waals surface area (Å²) in [4.78, 5) is 0. The first kappa shape index (κ1) is 7.99. The lowest BCUT2D eigenvalue weighted by atomic mass is 10.0. The van der Waals surface area contributed by atoms with Gasteiger partial charge in [-0.1, -0.05) is 24.3 Å². The van der Waals surface area contributed by atoms with Gasteiger partial charge in [0.25, 0.3) is 0 Å². The van der Waals surface area contributed by atoms with E-state index in [1.165, 1.54) is 5.39 Å². The van der Waals surface area contributed by atoms with Gasteiger partial charge in [0.1, 0.15) is 5.58 Å². The van der Waals surface area contributed by atoms with Crippen LogP contribution in [-0.2, 0) is 0 Å². The Morgan fingerprint density at radius 1 is 0.750 bits per heavy atom. The van der Waals surface area contributed by atoms with E-state index < -0.39 is 0 Å². The maximum absolute atomic E-state index is 5.57. The van der Waals surface area contributed by atoms with Crippen LogP contribution in [0.25, 0.3) is 32.5 Å². The molecule has 0 spiro atoms. The molecule has 16 heavy (non-hydrogen) atoms. The van der Waals surface area contributed by atoms with Gasteiger partial charge in [-0.3, -0.25) is 0 Å². The fourth-order valence-electron chi connectivity index (χ4n) is 2.28. The van der Waals surface area contributed by atoms with Gasteiger partial charge in [0.15, 0.2) is 0 Å². The van der Waals surface area contributed by atoms with Crippen LogP contribution < -0.4 is 0 Å². The molecule has 0 saturated heterocycles. The quantitative estimate of drug-likeness (QED) is 0.430. The highest BCUT2D eigenvalue weighted by Crippen LogP contribution is 2.32. The third-order valence-electron chi connectivity index (χ3n) is 3.06. The number of hydrogen-bond donors (Lipinski definition) is 0. The van der Waals surface area contributed by atoms with E-state index in [0.29, 0.717) is 0 Å². The Balaban J connectivity index is 2.44. The molecule has 0 bridgehead atoms. The molecule has 0 amide bonds. The number of furan rings is 2. The minimum absolute atomic E-state index is 0.935. The van der Waals surface area contributed by atoms with E-state index in [2.05, 4.69) is 24.3 Å². The van der Waals surface area contributed by atoms with Crippen LogP contribution >= 0.6 is 0 Å². The van der Waals surface area contributed by atoms with Crippen molar-refractivity contribution in [2.75, 3.05) is 0 Å². The molecule has 0 N–H and O–H groups in total. The first-order valence-electron chi connectivity index (χ1n) is 5.18. The van der Waals surface area contributed by atoms with E-state index in [9.17, 15) is 0 Å². The lowest BCUT2D eigenvalue weighted by Gasteiger charge is -1.99. The minimum atomic E-state index is 0.935. The predicted molar refractivity (Wildman–Crippen MR) is 63.5 cm³/mol. The Bertz CT molecular complexity index is 740. The van der Waals surface area contributed by atoms with Crippen LogP contribution in [0.2, 0.25) is 0 Å². The van der Waals surface area contributed by atoms with Crippen LogP contribution in [0.15, 0.2) is 58.0 Å². The molecule has 2 heteroatoms. The second kappa shape index (κ2) is 2.67. The standard InChI is InChI=1S/C14H8O2/c1-3-10-5-6-16-14(10)13-9(1)2-4-11-7-15-8-12(11)13/h1-8H. The molecule has 2 nitrogen and oxygen atoms in total. The van der Waals surface area contributed by atoms with Crippen LogP contribution in [0.3, 0.4) is 0 Å². The largest absolute Gasteiger partial charge is 0.471 e. The van der Waals surface area contributed by atoms with E-state index in [-0.39, 0.29) is 0 Å². The number of fused-ring (bicyclic) bond motifs is 5. The van der Waals surface area contributed by atoms with Crippen molar-refractivity contribution >= 4 is 32.5 Å². The average molecular weight is 208 g/mol. The zero-order valence-electron chi connectivity index (χ0n) is 8.44. The molecule has 2 heterocycles. The Kier molecular flexibility index (Phi) is 1.33. The summed E-state index contributed by atoms with van der Waals surface area (Å²) in [7, 11) is 0. The fraction of sp³-hybridized carbons (Fsp3) is 0. The van der Waals surface area contributed by atoms with Gasteiger partial charge in [-0.05, 0) is 11.5 Å². The number of benzene rings is 2. The third kappa shape index (κ3) is 0.865. The summed E-state index contributed by atoms with van der Waals surface area (Å²) in [5.41, 5.74) is 0.935. The summed E-state index contributed by atoms with van der Waals surface area (Å²) in [5, 5.41) is 5.65. The van der Waals surface area contributed by atoms with E-state index in [1.54, 1.807) is 18.8 Å². The van der Waals surface area contributed by atoms with Gasteiger partial charge in [0.05, 0.1) is 18.8 Å². The van der Waals surface area contributed by atoms with Crippen molar-refractivity contribution in [2.24, 2.45) is 0 Å². The molecule has 0 radical (unpaired) electrons. The summed E-state index contributed by atoms with van der Waals surface area (Å²) >= 11 is 0. The molecule has 0 atom stereocenters. The zero-order chi connectivity index (χ0) is 10.5. The normalized spacial score (nSPS) is 11.8. The number of hydrogen-bond acceptors (Lipinski definition) is 2. The van der Waals surface area contributed by atoms with Gasteiger partial charge in [0.2, 0.25) is 0 Å². The maximum Gasteiger partial charge on any atom is 0.142 e. The molecule has 0 aliphatic rings. The lowest BCUT2D eigenvalue weighted by molar-refractivity contribution is 0.572. The average Bonchev–Trinajstić information content (AvgIpc) is 2.96. The van der Waals surface area contributed by atoms with Gasteiger partial charge in [-0.2, -0.15) is 0 Å². The van der Waals surface area contributed by atoms with Crippen molar-refractivity contribution in [1.29, 1.82) is 0 Å². The van der Waals surface area contributed by atoms with Crippen LogP contribution in [0.4, 0.5) is 0 Å². The van der Waals surface area contributed by atoms with Crippen LogP contribution in [0, 0.1) is 0 Å². The molecular formula is C14H8O2. The zero-order valence-corrected chi connectivity index (χ0v) is 8.44. The van der Waals surface area contributed by atoms with Crippen molar-refractivity contribution in [2.45, 2.75) is 0 Å². The first-order chi connectivity index (χ1) is 7.93. The van der Waals surface area contributed by atoms with Gasteiger partial charge in [-0.15, -0.1) is 0 Å². The SMILES string of the molecule is c1cc2ccc3ccc4cocc4c3c2o1. The van der Waals surface area contributed by atoms with Gasteiger partial charge in [0, 0.05) is 21.5 Å². The highest BCUT2D eigenvalue weighted by molar-refractivity contribution is 6.17. The molecule has 0 saturated carbocycles. The summed E-state index contributed by atoms with van der Waals surface area (Å²) in [6.07, 6.45) is 5.26. The predicted octanol–water partition coefficient (Wildman–Crippen LogP) is 4.33. The van der Waals surface area contributed by atoms with Crippen LogP contribution in [0.5, 0.6) is 0 Å². The van der Waals surface area contributed by atoms with Crippen molar-refractivity contribution < 1.29 is 8.83 Å². The molecule has 76 valence electrons. The first-order valence-corrected chi connectivity index (χ1v) is 5.18. The lowest BCUT2D eigenvalue weighted by Crippen LogP contribution is -1.74. The number of rotatable bonds is 0. The molecule has 0 unspecified atom stereocenters. The Morgan fingerprint density at radius 2 is 1.56 bits per heavy atom. The van der Waals surface area contributed by atoms with E-state index >= 15 is 0 Å². The van der Waals surface area contributed by atoms with E-state index in [0.717, 1.165) is 27.1 Å².